The molecule has 3 amide bonds. The van der Waals surface area contributed by atoms with Crippen LogP contribution in [0.3, 0.4) is 0 Å². The van der Waals surface area contributed by atoms with Crippen molar-refractivity contribution in [2.45, 2.75) is 39.2 Å². The van der Waals surface area contributed by atoms with E-state index in [1.165, 1.54) is 0 Å². The zero-order chi connectivity index (χ0) is 20.8. The summed E-state index contributed by atoms with van der Waals surface area (Å²) in [5.74, 6) is -0.596. The molecular weight excluding hydrogens is 370 g/mol. The van der Waals surface area contributed by atoms with Gasteiger partial charge in [-0.1, -0.05) is 19.1 Å². The Kier molecular flexibility index (Phi) is 6.61. The Hall–Kier alpha value is -3.19. The molecule has 7 nitrogen and oxygen atoms in total. The summed E-state index contributed by atoms with van der Waals surface area (Å²) in [5.41, 5.74) is 2.99. The number of amides is 3. The van der Waals surface area contributed by atoms with Crippen molar-refractivity contribution in [3.8, 4) is 0 Å². The first kappa shape index (κ1) is 20.5. The molecule has 1 aliphatic heterocycles. The van der Waals surface area contributed by atoms with Crippen LogP contribution in [0.1, 0.15) is 42.1 Å². The fraction of sp³-hybridized carbons (Fsp3) is 0.318. The van der Waals surface area contributed by atoms with Crippen molar-refractivity contribution in [2.75, 3.05) is 22.6 Å². The molecule has 0 saturated carbocycles. The standard InChI is InChI=1S/C22H25N3O4/c1-3-20(26)24-17-9-5-10-18(14(17)2)25-21(27)15-7-4-8-16(13-15)23-22(28)19-11-6-12-29-19/h4-5,7-10,13,19H,3,6,11-12H2,1-2H3,(H,23,28)(H,24,26)(H,25,27)/t19-/m0/s1. The van der Waals surface area contributed by atoms with Gasteiger partial charge in [-0.3, -0.25) is 14.4 Å². The van der Waals surface area contributed by atoms with E-state index in [1.54, 1.807) is 49.4 Å². The lowest BCUT2D eigenvalue weighted by molar-refractivity contribution is -0.124. The third-order valence-electron chi connectivity index (χ3n) is 4.79. The molecule has 1 heterocycles. The van der Waals surface area contributed by atoms with Crippen molar-refractivity contribution < 1.29 is 19.1 Å². The summed E-state index contributed by atoms with van der Waals surface area (Å²) in [6, 6.07) is 12.1. The molecule has 0 radical (unpaired) electrons. The third kappa shape index (κ3) is 5.20. The van der Waals surface area contributed by atoms with Crippen LogP contribution in [0.4, 0.5) is 17.1 Å². The first-order valence-corrected chi connectivity index (χ1v) is 9.71. The van der Waals surface area contributed by atoms with E-state index in [4.69, 9.17) is 4.74 Å². The highest BCUT2D eigenvalue weighted by Crippen LogP contribution is 2.24. The summed E-state index contributed by atoms with van der Waals surface area (Å²) in [7, 11) is 0. The minimum atomic E-state index is -0.434. The Morgan fingerprint density at radius 3 is 2.45 bits per heavy atom. The summed E-state index contributed by atoms with van der Waals surface area (Å²) in [6.45, 7) is 4.21. The first-order valence-electron chi connectivity index (χ1n) is 9.71. The minimum absolute atomic E-state index is 0.0914. The van der Waals surface area contributed by atoms with Crippen LogP contribution in [-0.4, -0.2) is 30.4 Å². The number of carbonyl (C=O) groups excluding carboxylic acids is 3. The molecule has 2 aromatic rings. The second-order valence-corrected chi connectivity index (χ2v) is 6.91. The maximum atomic E-state index is 12.7. The van der Waals surface area contributed by atoms with Crippen LogP contribution in [0.5, 0.6) is 0 Å². The number of hydrogen-bond acceptors (Lipinski definition) is 4. The van der Waals surface area contributed by atoms with E-state index in [0.29, 0.717) is 42.1 Å². The molecule has 0 spiro atoms. The monoisotopic (exact) mass is 395 g/mol. The highest BCUT2D eigenvalue weighted by Gasteiger charge is 2.23. The predicted molar refractivity (Wildman–Crippen MR) is 112 cm³/mol. The van der Waals surface area contributed by atoms with Crippen LogP contribution < -0.4 is 16.0 Å². The summed E-state index contributed by atoms with van der Waals surface area (Å²) in [6.07, 6.45) is 1.52. The molecule has 7 heteroatoms. The Bertz CT molecular complexity index is 920. The van der Waals surface area contributed by atoms with E-state index >= 15 is 0 Å². The van der Waals surface area contributed by atoms with Crippen molar-refractivity contribution in [1.29, 1.82) is 0 Å². The second-order valence-electron chi connectivity index (χ2n) is 6.91. The van der Waals surface area contributed by atoms with Gasteiger partial charge in [0.1, 0.15) is 6.10 Å². The van der Waals surface area contributed by atoms with Crippen molar-refractivity contribution in [2.24, 2.45) is 0 Å². The van der Waals surface area contributed by atoms with E-state index in [9.17, 15) is 14.4 Å². The fourth-order valence-electron chi connectivity index (χ4n) is 3.08. The maximum Gasteiger partial charge on any atom is 0.255 e. The van der Waals surface area contributed by atoms with E-state index in [2.05, 4.69) is 16.0 Å². The number of anilines is 3. The number of rotatable bonds is 6. The lowest BCUT2D eigenvalue weighted by Crippen LogP contribution is -2.27. The van der Waals surface area contributed by atoms with Gasteiger partial charge in [0.2, 0.25) is 5.91 Å². The molecule has 2 aromatic carbocycles. The maximum absolute atomic E-state index is 12.7. The molecule has 1 atom stereocenters. The van der Waals surface area contributed by atoms with Crippen LogP contribution in [0, 0.1) is 6.92 Å². The molecule has 3 N–H and O–H groups in total. The summed E-state index contributed by atoms with van der Waals surface area (Å²) in [5, 5.41) is 8.49. The summed E-state index contributed by atoms with van der Waals surface area (Å²) >= 11 is 0. The van der Waals surface area contributed by atoms with Gasteiger partial charge in [-0.25, -0.2) is 0 Å². The van der Waals surface area contributed by atoms with Gasteiger partial charge in [0.25, 0.3) is 11.8 Å². The van der Waals surface area contributed by atoms with Gasteiger partial charge in [0, 0.05) is 35.7 Å². The number of benzene rings is 2. The van der Waals surface area contributed by atoms with Crippen molar-refractivity contribution in [3.05, 3.63) is 53.6 Å². The molecule has 29 heavy (non-hydrogen) atoms. The molecular formula is C22H25N3O4. The Morgan fingerprint density at radius 1 is 1.03 bits per heavy atom. The van der Waals surface area contributed by atoms with Crippen molar-refractivity contribution in [1.82, 2.24) is 0 Å². The van der Waals surface area contributed by atoms with Crippen LogP contribution in [0.2, 0.25) is 0 Å². The van der Waals surface area contributed by atoms with Gasteiger partial charge in [-0.15, -0.1) is 0 Å². The molecule has 0 bridgehead atoms. The normalized spacial score (nSPS) is 15.6. The zero-order valence-corrected chi connectivity index (χ0v) is 16.6. The van der Waals surface area contributed by atoms with Crippen LogP contribution in [-0.2, 0) is 14.3 Å². The van der Waals surface area contributed by atoms with Gasteiger partial charge in [-0.05, 0) is 55.7 Å². The van der Waals surface area contributed by atoms with E-state index in [-0.39, 0.29) is 17.7 Å². The van der Waals surface area contributed by atoms with Crippen molar-refractivity contribution >= 4 is 34.8 Å². The summed E-state index contributed by atoms with van der Waals surface area (Å²) < 4.78 is 5.38. The number of ether oxygens (including phenoxy) is 1. The Labute approximate surface area is 169 Å². The smallest absolute Gasteiger partial charge is 0.255 e. The molecule has 0 unspecified atom stereocenters. The number of carbonyl (C=O) groups is 3. The van der Waals surface area contributed by atoms with E-state index in [1.807, 2.05) is 6.92 Å². The van der Waals surface area contributed by atoms with Gasteiger partial charge in [-0.2, -0.15) is 0 Å². The van der Waals surface area contributed by atoms with Crippen molar-refractivity contribution in [3.63, 3.8) is 0 Å². The lowest BCUT2D eigenvalue weighted by atomic mass is 10.1. The van der Waals surface area contributed by atoms with Gasteiger partial charge in [0.15, 0.2) is 0 Å². The van der Waals surface area contributed by atoms with Gasteiger partial charge < -0.3 is 20.7 Å². The van der Waals surface area contributed by atoms with E-state index < -0.39 is 6.10 Å². The third-order valence-corrected chi connectivity index (χ3v) is 4.79. The van der Waals surface area contributed by atoms with E-state index in [0.717, 1.165) is 12.0 Å². The predicted octanol–water partition coefficient (Wildman–Crippen LogP) is 3.71. The zero-order valence-electron chi connectivity index (χ0n) is 16.6. The molecule has 152 valence electrons. The highest BCUT2D eigenvalue weighted by atomic mass is 16.5. The highest BCUT2D eigenvalue weighted by molar-refractivity contribution is 6.06. The SMILES string of the molecule is CCC(=O)Nc1cccc(NC(=O)c2cccc(NC(=O)[C@@H]3CCCO3)c2)c1C. The largest absolute Gasteiger partial charge is 0.368 e. The second kappa shape index (κ2) is 9.34. The van der Waals surface area contributed by atoms with Crippen LogP contribution in [0.25, 0.3) is 0 Å². The molecule has 1 fully saturated rings. The lowest BCUT2D eigenvalue weighted by Gasteiger charge is -2.14. The molecule has 1 aliphatic rings. The topological polar surface area (TPSA) is 96.5 Å². The molecule has 3 rings (SSSR count). The average molecular weight is 395 g/mol. The molecule has 0 aliphatic carbocycles. The number of hydrogen-bond donors (Lipinski definition) is 3. The van der Waals surface area contributed by atoms with Gasteiger partial charge in [0.05, 0.1) is 0 Å². The van der Waals surface area contributed by atoms with Crippen LogP contribution in [0.15, 0.2) is 42.5 Å². The first-order chi connectivity index (χ1) is 14.0. The summed E-state index contributed by atoms with van der Waals surface area (Å²) in [4.78, 5) is 36.6. The quantitative estimate of drug-likeness (QED) is 0.695. The molecule has 1 saturated heterocycles. The minimum Gasteiger partial charge on any atom is -0.368 e. The number of nitrogens with one attached hydrogen (secondary N) is 3. The Morgan fingerprint density at radius 2 is 1.76 bits per heavy atom. The average Bonchev–Trinajstić information content (AvgIpc) is 3.26. The molecule has 0 aromatic heterocycles. The van der Waals surface area contributed by atoms with Gasteiger partial charge >= 0.3 is 0 Å². The van der Waals surface area contributed by atoms with Crippen LogP contribution >= 0.6 is 0 Å². The fourth-order valence-corrected chi connectivity index (χ4v) is 3.08. The Balaban J connectivity index is 1.70.